The smallest absolute Gasteiger partial charge is 0.318 e. The molecule has 0 radical (unpaired) electrons. The number of nitrogens with one attached hydrogen (secondary N) is 3. The molecule has 1 aromatic carbocycles. The summed E-state index contributed by atoms with van der Waals surface area (Å²) < 4.78 is 1.13. The van der Waals surface area contributed by atoms with E-state index in [1.807, 2.05) is 30.3 Å². The molecule has 1 heterocycles. The minimum atomic E-state index is -0.218. The van der Waals surface area contributed by atoms with Crippen LogP contribution in [0.3, 0.4) is 0 Å². The van der Waals surface area contributed by atoms with E-state index in [0.717, 1.165) is 21.7 Å². The minimum Gasteiger partial charge on any atom is -0.380 e. The molecule has 0 spiro atoms. The third-order valence-corrected chi connectivity index (χ3v) is 4.09. The molecule has 0 aliphatic carbocycles. The van der Waals surface area contributed by atoms with Gasteiger partial charge in [-0.25, -0.2) is 4.79 Å². The van der Waals surface area contributed by atoms with Crippen LogP contribution in [0.15, 0.2) is 40.2 Å². The summed E-state index contributed by atoms with van der Waals surface area (Å²) in [6.07, 6.45) is 0. The van der Waals surface area contributed by atoms with Crippen molar-refractivity contribution in [1.29, 1.82) is 0 Å². The van der Waals surface area contributed by atoms with Crippen LogP contribution in [-0.4, -0.2) is 13.1 Å². The molecule has 3 N–H and O–H groups in total. The van der Waals surface area contributed by atoms with Crippen LogP contribution in [0.4, 0.5) is 16.2 Å². The summed E-state index contributed by atoms with van der Waals surface area (Å²) in [4.78, 5) is 12.4. The molecule has 0 aliphatic rings. The lowest BCUT2D eigenvalue weighted by atomic mass is 10.3. The van der Waals surface area contributed by atoms with Crippen molar-refractivity contribution in [2.75, 3.05) is 17.7 Å². The van der Waals surface area contributed by atoms with Crippen molar-refractivity contribution in [3.63, 3.8) is 0 Å². The highest BCUT2D eigenvalue weighted by Gasteiger charge is 2.00. The topological polar surface area (TPSA) is 53.2 Å². The van der Waals surface area contributed by atoms with Gasteiger partial charge in [0.25, 0.3) is 0 Å². The molecule has 0 unspecified atom stereocenters. The number of thiophene rings is 1. The Kier molecular flexibility index (Phi) is 4.81. The summed E-state index contributed by atoms with van der Waals surface area (Å²) in [5.41, 5.74) is 1.79. The Bertz CT molecular complexity index is 553. The van der Waals surface area contributed by atoms with E-state index in [4.69, 9.17) is 0 Å². The predicted octanol–water partition coefficient (Wildman–Crippen LogP) is 3.87. The lowest BCUT2D eigenvalue weighted by Crippen LogP contribution is -2.24. The molecule has 19 heavy (non-hydrogen) atoms. The second kappa shape index (κ2) is 6.58. The van der Waals surface area contributed by atoms with Crippen molar-refractivity contribution in [3.8, 4) is 0 Å². The second-order valence-corrected chi connectivity index (χ2v) is 6.39. The van der Waals surface area contributed by atoms with Crippen LogP contribution in [0.5, 0.6) is 0 Å². The Hall–Kier alpha value is -1.53. The van der Waals surface area contributed by atoms with Gasteiger partial charge in [-0.05, 0) is 52.3 Å². The monoisotopic (exact) mass is 339 g/mol. The highest BCUT2D eigenvalue weighted by atomic mass is 79.9. The van der Waals surface area contributed by atoms with E-state index in [0.29, 0.717) is 0 Å². The molecule has 4 nitrogen and oxygen atoms in total. The third kappa shape index (κ3) is 4.25. The highest BCUT2D eigenvalue weighted by Crippen LogP contribution is 2.23. The third-order valence-electron chi connectivity index (χ3n) is 2.47. The number of carbonyl (C=O) groups is 1. The fraction of sp³-hybridized carbons (Fsp3) is 0.154. The molecule has 0 saturated heterocycles. The molecule has 2 rings (SSSR count). The largest absolute Gasteiger partial charge is 0.380 e. The van der Waals surface area contributed by atoms with E-state index in [1.165, 1.54) is 4.88 Å². The quantitative estimate of drug-likeness (QED) is 0.791. The van der Waals surface area contributed by atoms with Crippen LogP contribution in [0, 0.1) is 0 Å². The normalized spacial score (nSPS) is 10.0. The van der Waals surface area contributed by atoms with Gasteiger partial charge in [-0.3, -0.25) is 0 Å². The number of halogens is 1. The SMILES string of the molecule is CNC(=O)Nc1ccc(NCc2ccc(Br)s2)cc1. The van der Waals surface area contributed by atoms with Gasteiger partial charge in [0.15, 0.2) is 0 Å². The fourth-order valence-corrected chi connectivity index (χ4v) is 2.92. The summed E-state index contributed by atoms with van der Waals surface area (Å²) in [6.45, 7) is 0.790. The Morgan fingerprint density at radius 1 is 1.16 bits per heavy atom. The van der Waals surface area contributed by atoms with Crippen molar-refractivity contribution in [2.45, 2.75) is 6.54 Å². The van der Waals surface area contributed by atoms with Gasteiger partial charge in [-0.15, -0.1) is 11.3 Å². The van der Waals surface area contributed by atoms with Crippen LogP contribution in [0.2, 0.25) is 0 Å². The Labute approximate surface area is 124 Å². The maximum Gasteiger partial charge on any atom is 0.318 e. The van der Waals surface area contributed by atoms with Gasteiger partial charge in [0.2, 0.25) is 0 Å². The Balaban J connectivity index is 1.89. The first kappa shape index (κ1) is 13.9. The predicted molar refractivity (Wildman–Crippen MR) is 83.9 cm³/mol. The summed E-state index contributed by atoms with van der Waals surface area (Å²) in [6, 6.07) is 11.5. The zero-order valence-electron chi connectivity index (χ0n) is 10.4. The molecule has 6 heteroatoms. The van der Waals surface area contributed by atoms with Gasteiger partial charge in [-0.1, -0.05) is 0 Å². The first-order chi connectivity index (χ1) is 9.17. The lowest BCUT2D eigenvalue weighted by Gasteiger charge is -2.07. The molecule has 2 aromatic rings. The number of hydrogen-bond donors (Lipinski definition) is 3. The van der Waals surface area contributed by atoms with Gasteiger partial charge in [0, 0.05) is 29.8 Å². The number of carbonyl (C=O) groups excluding carboxylic acids is 1. The number of rotatable bonds is 4. The van der Waals surface area contributed by atoms with Crippen LogP contribution in [-0.2, 0) is 6.54 Å². The number of hydrogen-bond acceptors (Lipinski definition) is 3. The van der Waals surface area contributed by atoms with E-state index >= 15 is 0 Å². The number of urea groups is 1. The average Bonchev–Trinajstić information content (AvgIpc) is 2.83. The zero-order chi connectivity index (χ0) is 13.7. The molecule has 1 aromatic heterocycles. The molecule has 0 aliphatic heterocycles. The summed E-state index contributed by atoms with van der Waals surface area (Å²) in [7, 11) is 1.59. The zero-order valence-corrected chi connectivity index (χ0v) is 12.8. The maximum atomic E-state index is 11.1. The summed E-state index contributed by atoms with van der Waals surface area (Å²) in [5.74, 6) is 0. The van der Waals surface area contributed by atoms with Crippen molar-refractivity contribution < 1.29 is 4.79 Å². The molecule has 0 bridgehead atoms. The molecular weight excluding hydrogens is 326 g/mol. The van der Waals surface area contributed by atoms with Crippen LogP contribution in [0.1, 0.15) is 4.88 Å². The van der Waals surface area contributed by atoms with E-state index in [-0.39, 0.29) is 6.03 Å². The van der Waals surface area contributed by atoms with E-state index in [9.17, 15) is 4.79 Å². The molecule has 2 amide bonds. The summed E-state index contributed by atoms with van der Waals surface area (Å²) >= 11 is 5.15. The Morgan fingerprint density at radius 2 is 1.84 bits per heavy atom. The second-order valence-electron chi connectivity index (χ2n) is 3.84. The molecule has 100 valence electrons. The molecule has 0 atom stereocenters. The maximum absolute atomic E-state index is 11.1. The first-order valence-corrected chi connectivity index (χ1v) is 7.35. The number of benzene rings is 1. The van der Waals surface area contributed by atoms with Gasteiger partial charge >= 0.3 is 6.03 Å². The van der Waals surface area contributed by atoms with E-state index < -0.39 is 0 Å². The van der Waals surface area contributed by atoms with Gasteiger partial charge in [0.05, 0.1) is 3.79 Å². The molecule has 0 fully saturated rings. The minimum absolute atomic E-state index is 0.218. The Morgan fingerprint density at radius 3 is 2.42 bits per heavy atom. The molecule has 0 saturated carbocycles. The van der Waals surface area contributed by atoms with E-state index in [2.05, 4.69) is 37.9 Å². The van der Waals surface area contributed by atoms with Crippen LogP contribution >= 0.6 is 27.3 Å². The van der Waals surface area contributed by atoms with Gasteiger partial charge in [-0.2, -0.15) is 0 Å². The number of anilines is 2. The standard InChI is InChI=1S/C13H14BrN3OS/c1-15-13(18)17-10-4-2-9(3-5-10)16-8-11-6-7-12(14)19-11/h2-7,16H,8H2,1H3,(H2,15,17,18). The van der Waals surface area contributed by atoms with Crippen molar-refractivity contribution in [1.82, 2.24) is 5.32 Å². The highest BCUT2D eigenvalue weighted by molar-refractivity contribution is 9.11. The van der Waals surface area contributed by atoms with E-state index in [1.54, 1.807) is 18.4 Å². The molecular formula is C13H14BrN3OS. The average molecular weight is 340 g/mol. The first-order valence-electron chi connectivity index (χ1n) is 5.74. The van der Waals surface area contributed by atoms with Crippen molar-refractivity contribution >= 4 is 44.7 Å². The van der Waals surface area contributed by atoms with Crippen LogP contribution < -0.4 is 16.0 Å². The lowest BCUT2D eigenvalue weighted by molar-refractivity contribution is 0.254. The number of amides is 2. The van der Waals surface area contributed by atoms with Crippen molar-refractivity contribution in [3.05, 3.63) is 45.1 Å². The van der Waals surface area contributed by atoms with Gasteiger partial charge in [0.1, 0.15) is 0 Å². The van der Waals surface area contributed by atoms with Gasteiger partial charge < -0.3 is 16.0 Å². The van der Waals surface area contributed by atoms with Crippen molar-refractivity contribution in [2.24, 2.45) is 0 Å². The summed E-state index contributed by atoms with van der Waals surface area (Å²) in [5, 5.41) is 8.55. The fourth-order valence-electron chi connectivity index (χ4n) is 1.50. The van der Waals surface area contributed by atoms with Crippen LogP contribution in [0.25, 0.3) is 0 Å².